The van der Waals surface area contributed by atoms with E-state index in [1.807, 2.05) is 4.90 Å². The van der Waals surface area contributed by atoms with Gasteiger partial charge in [-0.3, -0.25) is 0 Å². The van der Waals surface area contributed by atoms with Crippen molar-refractivity contribution in [3.8, 4) is 0 Å². The maximum absolute atomic E-state index is 14.7. The third-order valence-corrected chi connectivity index (χ3v) is 4.10. The summed E-state index contributed by atoms with van der Waals surface area (Å²) in [5.41, 5.74) is 0.553. The Hall–Kier alpha value is -1.20. The number of anilines is 1. The van der Waals surface area contributed by atoms with Crippen LogP contribution in [-0.4, -0.2) is 34.8 Å². The Balaban J connectivity index is 2.21. The van der Waals surface area contributed by atoms with Crippen molar-refractivity contribution in [2.45, 2.75) is 52.2 Å². The second-order valence-electron chi connectivity index (χ2n) is 6.92. The SMILES string of the molecule is CC1CCN(c2nccc(CNC(C)(C)C)c2F)C1CO. The third-order valence-electron chi connectivity index (χ3n) is 4.10. The summed E-state index contributed by atoms with van der Waals surface area (Å²) in [6.07, 6.45) is 2.60. The number of aliphatic hydroxyl groups is 1. The topological polar surface area (TPSA) is 48.4 Å². The molecule has 0 spiro atoms. The van der Waals surface area contributed by atoms with Gasteiger partial charge in [-0.1, -0.05) is 6.92 Å². The van der Waals surface area contributed by atoms with Gasteiger partial charge < -0.3 is 15.3 Å². The number of pyridine rings is 1. The van der Waals surface area contributed by atoms with Crippen LogP contribution < -0.4 is 10.2 Å². The van der Waals surface area contributed by atoms with E-state index in [4.69, 9.17) is 0 Å². The smallest absolute Gasteiger partial charge is 0.170 e. The van der Waals surface area contributed by atoms with Gasteiger partial charge in [0.05, 0.1) is 12.6 Å². The minimum atomic E-state index is -0.276. The highest BCUT2D eigenvalue weighted by Crippen LogP contribution is 2.30. The third kappa shape index (κ3) is 3.71. The number of nitrogens with one attached hydrogen (secondary N) is 1. The van der Waals surface area contributed by atoms with Crippen LogP contribution in [0.25, 0.3) is 0 Å². The number of rotatable bonds is 4. The lowest BCUT2D eigenvalue weighted by Crippen LogP contribution is -2.37. The molecule has 0 bridgehead atoms. The molecule has 5 heteroatoms. The van der Waals surface area contributed by atoms with E-state index < -0.39 is 0 Å². The van der Waals surface area contributed by atoms with Gasteiger partial charge in [0, 0.05) is 30.4 Å². The largest absolute Gasteiger partial charge is 0.394 e. The molecule has 0 aliphatic carbocycles. The van der Waals surface area contributed by atoms with Gasteiger partial charge in [0.15, 0.2) is 11.6 Å². The Morgan fingerprint density at radius 2 is 2.19 bits per heavy atom. The first kappa shape index (κ1) is 16.2. The van der Waals surface area contributed by atoms with Crippen molar-refractivity contribution in [3.63, 3.8) is 0 Å². The summed E-state index contributed by atoms with van der Waals surface area (Å²) in [5.74, 6) is 0.445. The fraction of sp³-hybridized carbons (Fsp3) is 0.688. The molecule has 1 saturated heterocycles. The van der Waals surface area contributed by atoms with Gasteiger partial charge in [-0.25, -0.2) is 9.37 Å². The minimum Gasteiger partial charge on any atom is -0.394 e. The number of hydrogen-bond acceptors (Lipinski definition) is 4. The van der Waals surface area contributed by atoms with E-state index in [-0.39, 0.29) is 24.0 Å². The molecule has 0 radical (unpaired) electrons. The minimum absolute atomic E-state index is 0.0345. The summed E-state index contributed by atoms with van der Waals surface area (Å²) in [6.45, 7) is 9.49. The molecule has 0 aromatic carbocycles. The highest BCUT2D eigenvalue weighted by molar-refractivity contribution is 5.45. The number of nitrogens with zero attached hydrogens (tertiary/aromatic N) is 2. The average Bonchev–Trinajstić information content (AvgIpc) is 2.77. The number of aromatic nitrogens is 1. The molecule has 1 fully saturated rings. The van der Waals surface area contributed by atoms with E-state index in [1.54, 1.807) is 12.3 Å². The number of halogens is 1. The molecule has 2 unspecified atom stereocenters. The van der Waals surface area contributed by atoms with Crippen LogP contribution in [0.2, 0.25) is 0 Å². The Labute approximate surface area is 126 Å². The highest BCUT2D eigenvalue weighted by Gasteiger charge is 2.33. The van der Waals surface area contributed by atoms with E-state index in [0.717, 1.165) is 13.0 Å². The summed E-state index contributed by atoms with van der Waals surface area (Å²) in [5, 5.41) is 12.8. The molecule has 1 aliphatic heterocycles. The first-order valence-corrected chi connectivity index (χ1v) is 7.59. The summed E-state index contributed by atoms with van der Waals surface area (Å²) < 4.78 is 14.7. The zero-order valence-electron chi connectivity index (χ0n) is 13.4. The molecular formula is C16H26FN3O. The van der Waals surface area contributed by atoms with Crippen LogP contribution >= 0.6 is 0 Å². The van der Waals surface area contributed by atoms with E-state index in [9.17, 15) is 9.50 Å². The maximum atomic E-state index is 14.7. The maximum Gasteiger partial charge on any atom is 0.170 e. The van der Waals surface area contributed by atoms with E-state index in [0.29, 0.717) is 23.8 Å². The molecule has 4 nitrogen and oxygen atoms in total. The van der Waals surface area contributed by atoms with Crippen LogP contribution in [0.1, 0.15) is 39.7 Å². The van der Waals surface area contributed by atoms with Crippen LogP contribution in [0.3, 0.4) is 0 Å². The standard InChI is InChI=1S/C16H26FN3O/c1-11-6-8-20(13(11)10-21)15-14(17)12(5-7-18-15)9-19-16(2,3)4/h5,7,11,13,19,21H,6,8-10H2,1-4H3. The predicted octanol–water partition coefficient (Wildman–Crippen LogP) is 2.32. The van der Waals surface area contributed by atoms with Crippen molar-refractivity contribution in [3.05, 3.63) is 23.6 Å². The molecule has 0 saturated carbocycles. The van der Waals surface area contributed by atoms with Crippen LogP contribution in [0.5, 0.6) is 0 Å². The first-order valence-electron chi connectivity index (χ1n) is 7.59. The van der Waals surface area contributed by atoms with Gasteiger partial charge >= 0.3 is 0 Å². The van der Waals surface area contributed by atoms with Gasteiger partial charge in [0.2, 0.25) is 0 Å². The summed E-state index contributed by atoms with van der Waals surface area (Å²) in [6, 6.07) is 1.67. The van der Waals surface area contributed by atoms with Crippen molar-refractivity contribution in [1.29, 1.82) is 0 Å². The molecule has 1 aliphatic rings. The monoisotopic (exact) mass is 295 g/mol. The van der Waals surface area contributed by atoms with Gasteiger partial charge in [0.1, 0.15) is 0 Å². The van der Waals surface area contributed by atoms with Crippen LogP contribution in [0, 0.1) is 11.7 Å². The first-order chi connectivity index (χ1) is 9.83. The van der Waals surface area contributed by atoms with Crippen molar-refractivity contribution >= 4 is 5.82 Å². The van der Waals surface area contributed by atoms with Gasteiger partial charge in [0.25, 0.3) is 0 Å². The number of aliphatic hydroxyl groups excluding tert-OH is 1. The molecule has 1 aromatic rings. The lowest BCUT2D eigenvalue weighted by Gasteiger charge is -2.27. The molecule has 0 amide bonds. The Morgan fingerprint density at radius 1 is 1.48 bits per heavy atom. The molecule has 2 rings (SSSR count). The Kier molecular flexibility index (Phi) is 4.84. The van der Waals surface area contributed by atoms with E-state index >= 15 is 0 Å². The van der Waals surface area contributed by atoms with Crippen molar-refractivity contribution in [1.82, 2.24) is 10.3 Å². The zero-order valence-corrected chi connectivity index (χ0v) is 13.4. The predicted molar refractivity (Wildman–Crippen MR) is 82.8 cm³/mol. The summed E-state index contributed by atoms with van der Waals surface area (Å²) >= 11 is 0. The Morgan fingerprint density at radius 3 is 2.81 bits per heavy atom. The molecule has 2 atom stereocenters. The molecule has 1 aromatic heterocycles. The normalized spacial score (nSPS) is 22.9. The highest BCUT2D eigenvalue weighted by atomic mass is 19.1. The fourth-order valence-electron chi connectivity index (χ4n) is 2.72. The zero-order chi connectivity index (χ0) is 15.6. The van der Waals surface area contributed by atoms with Crippen LogP contribution in [-0.2, 0) is 6.54 Å². The van der Waals surface area contributed by atoms with Gasteiger partial charge in [-0.2, -0.15) is 0 Å². The molecule has 2 heterocycles. The fourth-order valence-corrected chi connectivity index (χ4v) is 2.72. The molecule has 21 heavy (non-hydrogen) atoms. The molecule has 118 valence electrons. The average molecular weight is 295 g/mol. The quantitative estimate of drug-likeness (QED) is 0.895. The lowest BCUT2D eigenvalue weighted by atomic mass is 10.0. The molecule has 2 N–H and O–H groups in total. The second kappa shape index (κ2) is 6.28. The summed E-state index contributed by atoms with van der Waals surface area (Å²) in [4.78, 5) is 6.11. The second-order valence-corrected chi connectivity index (χ2v) is 6.92. The van der Waals surface area contributed by atoms with E-state index in [1.165, 1.54) is 0 Å². The van der Waals surface area contributed by atoms with E-state index in [2.05, 4.69) is 38.0 Å². The summed E-state index contributed by atoms with van der Waals surface area (Å²) in [7, 11) is 0. The van der Waals surface area contributed by atoms with Crippen molar-refractivity contribution < 1.29 is 9.50 Å². The Bertz CT molecular complexity index is 487. The van der Waals surface area contributed by atoms with Crippen molar-refractivity contribution in [2.24, 2.45) is 5.92 Å². The lowest BCUT2D eigenvalue weighted by molar-refractivity contribution is 0.244. The van der Waals surface area contributed by atoms with Gasteiger partial charge in [-0.05, 0) is 39.2 Å². The number of hydrogen-bond donors (Lipinski definition) is 2. The van der Waals surface area contributed by atoms with Crippen molar-refractivity contribution in [2.75, 3.05) is 18.1 Å². The van der Waals surface area contributed by atoms with Gasteiger partial charge in [-0.15, -0.1) is 0 Å². The molecular weight excluding hydrogens is 269 g/mol. The van der Waals surface area contributed by atoms with Crippen LogP contribution in [0.15, 0.2) is 12.3 Å². The van der Waals surface area contributed by atoms with Crippen LogP contribution in [0.4, 0.5) is 10.2 Å².